The van der Waals surface area contributed by atoms with E-state index in [-0.39, 0.29) is 0 Å². The minimum atomic E-state index is -0.451. The zero-order valence-corrected chi connectivity index (χ0v) is 48.5. The maximum absolute atomic E-state index is 14.2. The normalized spacial score (nSPS) is 13.3. The number of fused-ring (bicyclic) bond motifs is 2. The van der Waals surface area contributed by atoms with Crippen molar-refractivity contribution in [3.05, 3.63) is 101 Å². The van der Waals surface area contributed by atoms with Crippen LogP contribution in [0.5, 0.6) is 23.0 Å². The summed E-state index contributed by atoms with van der Waals surface area (Å²) in [5, 5.41) is 1.41. The van der Waals surface area contributed by atoms with Gasteiger partial charge in [0.25, 0.3) is 0 Å². The summed E-state index contributed by atoms with van der Waals surface area (Å²) in [5.41, 5.74) is 0.879. The van der Waals surface area contributed by atoms with Gasteiger partial charge in [-0.25, -0.2) is 9.59 Å². The molecule has 0 aliphatic carbocycles. The molecule has 72 heavy (non-hydrogen) atoms. The standard InChI is InChI=1S/C60H80O6S6/c1-5-9-13-17-19-21-23-27-41-63-47-37-33-45(34-38-47)55(61)65-51-49-31-25-26-32-50(49)52(66-56(62)46-35-39-48(40-36-46)64-42-28-24-22-20-18-14-10-6-2)54-53(51)69-59(70-54)60-71-57(67-43-29-15-11-7-3)58(72-60)68-44-30-16-12-8-4/h25-26,31-40H,5-24,27-30,41-44H2,1-4H3. The molecule has 0 bridgehead atoms. The molecule has 0 aromatic heterocycles. The Morgan fingerprint density at radius 2 is 0.736 bits per heavy atom. The highest BCUT2D eigenvalue weighted by molar-refractivity contribution is 8.42. The Morgan fingerprint density at radius 3 is 1.11 bits per heavy atom. The first-order valence-electron chi connectivity index (χ1n) is 27.4. The number of rotatable bonds is 36. The van der Waals surface area contributed by atoms with Crippen LogP contribution in [0.15, 0.2) is 99.5 Å². The molecule has 392 valence electrons. The monoisotopic (exact) mass is 1090 g/mol. The van der Waals surface area contributed by atoms with Crippen LogP contribution in [0.2, 0.25) is 0 Å². The predicted molar refractivity (Wildman–Crippen MR) is 317 cm³/mol. The quantitative estimate of drug-likeness (QED) is 0.0247. The van der Waals surface area contributed by atoms with Crippen LogP contribution in [0.1, 0.15) is 203 Å². The highest BCUT2D eigenvalue weighted by Gasteiger charge is 2.36. The molecule has 12 heteroatoms. The molecule has 0 spiro atoms. The minimum Gasteiger partial charge on any atom is -0.494 e. The summed E-state index contributed by atoms with van der Waals surface area (Å²) in [7, 11) is 0. The summed E-state index contributed by atoms with van der Waals surface area (Å²) in [6.45, 7) is 10.3. The smallest absolute Gasteiger partial charge is 0.343 e. The van der Waals surface area contributed by atoms with E-state index in [0.717, 1.165) is 62.7 Å². The fourth-order valence-corrected chi connectivity index (χ4v) is 17.4. The third kappa shape index (κ3) is 19.1. The fraction of sp³-hybridized carbons (Fsp3) is 0.533. The molecule has 0 radical (unpaired) electrons. The molecular formula is C60H80O6S6. The molecule has 0 amide bonds. The van der Waals surface area contributed by atoms with Gasteiger partial charge >= 0.3 is 11.9 Å². The zero-order chi connectivity index (χ0) is 50.6. The van der Waals surface area contributed by atoms with Crippen molar-refractivity contribution in [2.75, 3.05) is 24.7 Å². The van der Waals surface area contributed by atoms with E-state index in [1.54, 1.807) is 47.8 Å². The summed E-state index contributed by atoms with van der Waals surface area (Å²) in [5.74, 6) is 3.75. The number of carbonyl (C=O) groups excluding carboxylic acids is 2. The number of carbonyl (C=O) groups is 2. The van der Waals surface area contributed by atoms with Crippen LogP contribution in [0.3, 0.4) is 0 Å². The molecule has 2 aliphatic rings. The number of thioether (sulfide) groups is 6. The predicted octanol–water partition coefficient (Wildman–Crippen LogP) is 20.9. The highest BCUT2D eigenvalue weighted by atomic mass is 32.3. The Balaban J connectivity index is 1.21. The second-order valence-electron chi connectivity index (χ2n) is 18.7. The van der Waals surface area contributed by atoms with Crippen molar-refractivity contribution in [2.45, 2.75) is 192 Å². The molecule has 6 rings (SSSR count). The fourth-order valence-electron chi connectivity index (χ4n) is 8.46. The second kappa shape index (κ2) is 34.0. The topological polar surface area (TPSA) is 71.1 Å². The number of benzene rings is 4. The second-order valence-corrected chi connectivity index (χ2v) is 26.0. The van der Waals surface area contributed by atoms with Crippen molar-refractivity contribution in [3.63, 3.8) is 0 Å². The van der Waals surface area contributed by atoms with Gasteiger partial charge in [0.15, 0.2) is 11.5 Å². The van der Waals surface area contributed by atoms with E-state index in [0.29, 0.717) is 46.6 Å². The van der Waals surface area contributed by atoms with Gasteiger partial charge in [-0.05, 0) is 85.7 Å². The van der Waals surface area contributed by atoms with Crippen molar-refractivity contribution < 1.29 is 28.5 Å². The van der Waals surface area contributed by atoms with Crippen molar-refractivity contribution in [3.8, 4) is 23.0 Å². The van der Waals surface area contributed by atoms with Gasteiger partial charge in [-0.2, -0.15) is 0 Å². The molecule has 4 aromatic carbocycles. The Morgan fingerprint density at radius 1 is 0.403 bits per heavy atom. The van der Waals surface area contributed by atoms with Crippen LogP contribution in [0.25, 0.3) is 10.8 Å². The van der Waals surface area contributed by atoms with Crippen molar-refractivity contribution in [1.29, 1.82) is 0 Å². The Bertz CT molecular complexity index is 2170. The van der Waals surface area contributed by atoms with Crippen molar-refractivity contribution in [2.24, 2.45) is 0 Å². The number of unbranched alkanes of at least 4 members (excludes halogenated alkanes) is 20. The van der Waals surface area contributed by atoms with Gasteiger partial charge in [0, 0.05) is 10.8 Å². The lowest BCUT2D eigenvalue weighted by molar-refractivity contribution is 0.0715. The maximum Gasteiger partial charge on any atom is 0.343 e. The molecule has 0 saturated carbocycles. The lowest BCUT2D eigenvalue weighted by Gasteiger charge is -2.16. The molecule has 4 aromatic rings. The van der Waals surface area contributed by atoms with Crippen LogP contribution in [0.4, 0.5) is 0 Å². The third-order valence-corrected chi connectivity index (χ3v) is 21.5. The Hall–Kier alpha value is -2.74. The first-order valence-corrected chi connectivity index (χ1v) is 32.6. The lowest BCUT2D eigenvalue weighted by atomic mass is 10.1. The van der Waals surface area contributed by atoms with E-state index in [2.05, 4.69) is 27.7 Å². The minimum absolute atomic E-state index is 0.439. The van der Waals surface area contributed by atoms with Gasteiger partial charge in [0.2, 0.25) is 0 Å². The van der Waals surface area contributed by atoms with Crippen LogP contribution in [-0.4, -0.2) is 36.7 Å². The van der Waals surface area contributed by atoms with Gasteiger partial charge in [-0.3, -0.25) is 0 Å². The molecule has 0 fully saturated rings. The SMILES string of the molecule is CCCCCCCCCCOc1ccc(C(=O)Oc2c3c(c(OC(=O)c4ccc(OCCCCCCCCCC)cc4)c4ccccc24)SC(=C2SC(SCCCCCC)=C(SCCCCCC)S2)S3)cc1. The molecule has 0 saturated heterocycles. The maximum atomic E-state index is 14.2. The van der Waals surface area contributed by atoms with Gasteiger partial charge in [-0.15, -0.1) is 23.5 Å². The molecule has 6 nitrogen and oxygen atoms in total. The Kier molecular flexibility index (Phi) is 27.7. The molecular weight excluding hydrogens is 1010 g/mol. The summed E-state index contributed by atoms with van der Waals surface area (Å²) in [4.78, 5) is 29.9. The molecule has 2 heterocycles. The van der Waals surface area contributed by atoms with Crippen molar-refractivity contribution in [1.82, 2.24) is 0 Å². The van der Waals surface area contributed by atoms with E-state index < -0.39 is 11.9 Å². The van der Waals surface area contributed by atoms with Gasteiger partial charge < -0.3 is 18.9 Å². The summed E-state index contributed by atoms with van der Waals surface area (Å²) >= 11 is 10.9. The Labute approximate surface area is 458 Å². The lowest BCUT2D eigenvalue weighted by Crippen LogP contribution is -2.12. The summed E-state index contributed by atoms with van der Waals surface area (Å²) in [6.07, 6.45) is 29.9. The van der Waals surface area contributed by atoms with E-state index >= 15 is 0 Å². The van der Waals surface area contributed by atoms with Crippen LogP contribution >= 0.6 is 70.6 Å². The highest BCUT2D eigenvalue weighted by Crippen LogP contribution is 2.67. The molecule has 2 aliphatic heterocycles. The van der Waals surface area contributed by atoms with Crippen LogP contribution < -0.4 is 18.9 Å². The van der Waals surface area contributed by atoms with E-state index in [1.165, 1.54) is 141 Å². The van der Waals surface area contributed by atoms with Gasteiger partial charge in [-0.1, -0.05) is 227 Å². The first kappa shape index (κ1) is 58.5. The number of hydrogen-bond donors (Lipinski definition) is 0. The number of ether oxygens (including phenoxy) is 4. The van der Waals surface area contributed by atoms with Crippen molar-refractivity contribution >= 4 is 93.3 Å². The van der Waals surface area contributed by atoms with Crippen LogP contribution in [0, 0.1) is 0 Å². The number of hydrogen-bond acceptors (Lipinski definition) is 12. The molecule has 0 atom stereocenters. The van der Waals surface area contributed by atoms with Gasteiger partial charge in [0.05, 0.1) is 51.1 Å². The van der Waals surface area contributed by atoms with E-state index in [9.17, 15) is 9.59 Å². The first-order chi connectivity index (χ1) is 35.4. The van der Waals surface area contributed by atoms with Gasteiger partial charge in [0.1, 0.15) is 11.5 Å². The largest absolute Gasteiger partial charge is 0.494 e. The molecule has 0 N–H and O–H groups in total. The average Bonchev–Trinajstić information content (AvgIpc) is 4.04. The zero-order valence-electron chi connectivity index (χ0n) is 43.6. The van der Waals surface area contributed by atoms with E-state index in [1.807, 2.05) is 95.6 Å². The summed E-state index contributed by atoms with van der Waals surface area (Å²) in [6, 6.07) is 22.3. The van der Waals surface area contributed by atoms with E-state index in [4.69, 9.17) is 18.9 Å². The average molecular weight is 1090 g/mol. The van der Waals surface area contributed by atoms with Crippen LogP contribution in [-0.2, 0) is 0 Å². The third-order valence-electron chi connectivity index (χ3n) is 12.7. The number of esters is 2. The molecule has 0 unspecified atom stereocenters. The summed E-state index contributed by atoms with van der Waals surface area (Å²) < 4.78 is 30.2.